The number of rotatable bonds is 5. The van der Waals surface area contributed by atoms with Crippen molar-refractivity contribution in [3.8, 4) is 0 Å². The third-order valence-electron chi connectivity index (χ3n) is 3.25. The molecule has 0 aliphatic heterocycles. The Morgan fingerprint density at radius 1 is 1.07 bits per heavy atom. The first kappa shape index (κ1) is 12.3. The van der Waals surface area contributed by atoms with Gasteiger partial charge in [-0.3, -0.25) is 0 Å². The maximum Gasteiger partial charge on any atom is -0.0188 e. The zero-order chi connectivity index (χ0) is 11.3. The van der Waals surface area contributed by atoms with Crippen molar-refractivity contribution >= 4 is 0 Å². The molecule has 84 valence electrons. The van der Waals surface area contributed by atoms with Crippen molar-refractivity contribution in [3.05, 3.63) is 34.9 Å². The van der Waals surface area contributed by atoms with Crippen LogP contribution in [0.5, 0.6) is 0 Å². The Kier molecular flexibility index (Phi) is 4.87. The van der Waals surface area contributed by atoms with Crippen LogP contribution in [0, 0.1) is 0 Å². The van der Waals surface area contributed by atoms with Crippen LogP contribution in [-0.4, -0.2) is 0 Å². The molecule has 0 heteroatoms. The minimum atomic E-state index is 0.718. The van der Waals surface area contributed by atoms with Crippen molar-refractivity contribution in [2.45, 2.75) is 59.3 Å². The molecule has 1 aromatic rings. The molecule has 1 rings (SSSR count). The molecule has 0 nitrogen and oxygen atoms in total. The van der Waals surface area contributed by atoms with Crippen molar-refractivity contribution in [1.82, 2.24) is 0 Å². The molecule has 0 aromatic heterocycles. The SMILES string of the molecule is CCC[C@H](C)c1ccc(CC)cc1CC. The van der Waals surface area contributed by atoms with Gasteiger partial charge < -0.3 is 0 Å². The van der Waals surface area contributed by atoms with E-state index in [9.17, 15) is 0 Å². The van der Waals surface area contributed by atoms with Crippen LogP contribution in [0.4, 0.5) is 0 Å². The molecule has 0 bridgehead atoms. The lowest BCUT2D eigenvalue weighted by Gasteiger charge is -2.16. The Morgan fingerprint density at radius 3 is 2.33 bits per heavy atom. The van der Waals surface area contributed by atoms with Crippen molar-refractivity contribution in [2.75, 3.05) is 0 Å². The van der Waals surface area contributed by atoms with Gasteiger partial charge in [0, 0.05) is 0 Å². The molecule has 0 aliphatic rings. The van der Waals surface area contributed by atoms with Gasteiger partial charge in [-0.25, -0.2) is 0 Å². The van der Waals surface area contributed by atoms with Gasteiger partial charge in [0.05, 0.1) is 0 Å². The van der Waals surface area contributed by atoms with Gasteiger partial charge in [0.1, 0.15) is 0 Å². The van der Waals surface area contributed by atoms with E-state index in [1.807, 2.05) is 0 Å². The number of aryl methyl sites for hydroxylation is 2. The molecule has 0 radical (unpaired) electrons. The molecule has 1 aromatic carbocycles. The molecule has 0 saturated heterocycles. The molecule has 15 heavy (non-hydrogen) atoms. The number of hydrogen-bond acceptors (Lipinski definition) is 0. The molecule has 0 aliphatic carbocycles. The molecule has 0 saturated carbocycles. The van der Waals surface area contributed by atoms with Crippen LogP contribution in [0.3, 0.4) is 0 Å². The van der Waals surface area contributed by atoms with E-state index < -0.39 is 0 Å². The molecule has 0 amide bonds. The van der Waals surface area contributed by atoms with Crippen LogP contribution in [0.15, 0.2) is 18.2 Å². The van der Waals surface area contributed by atoms with Crippen LogP contribution >= 0.6 is 0 Å². The fourth-order valence-corrected chi connectivity index (χ4v) is 2.25. The number of benzene rings is 1. The van der Waals surface area contributed by atoms with Crippen molar-refractivity contribution in [3.63, 3.8) is 0 Å². The zero-order valence-corrected chi connectivity index (χ0v) is 10.6. The van der Waals surface area contributed by atoms with E-state index in [1.165, 1.54) is 18.4 Å². The highest BCUT2D eigenvalue weighted by Crippen LogP contribution is 2.25. The molecule has 0 heterocycles. The van der Waals surface area contributed by atoms with Crippen LogP contribution in [0.2, 0.25) is 0 Å². The molecular weight excluding hydrogens is 180 g/mol. The van der Waals surface area contributed by atoms with E-state index in [-0.39, 0.29) is 0 Å². The normalized spacial score (nSPS) is 12.8. The van der Waals surface area contributed by atoms with Gasteiger partial charge in [-0.1, -0.05) is 52.3 Å². The van der Waals surface area contributed by atoms with Crippen molar-refractivity contribution < 1.29 is 0 Å². The van der Waals surface area contributed by atoms with E-state index in [1.54, 1.807) is 11.1 Å². The lowest BCUT2D eigenvalue weighted by atomic mass is 9.89. The number of hydrogen-bond donors (Lipinski definition) is 0. The first-order chi connectivity index (χ1) is 7.22. The second kappa shape index (κ2) is 5.95. The van der Waals surface area contributed by atoms with Gasteiger partial charge in [0.15, 0.2) is 0 Å². The van der Waals surface area contributed by atoms with Gasteiger partial charge in [-0.05, 0) is 41.9 Å². The predicted octanol–water partition coefficient (Wildman–Crippen LogP) is 4.72. The van der Waals surface area contributed by atoms with Gasteiger partial charge in [-0.15, -0.1) is 0 Å². The fraction of sp³-hybridized carbons (Fsp3) is 0.600. The Bertz CT molecular complexity index is 299. The lowest BCUT2D eigenvalue weighted by molar-refractivity contribution is 0.658. The Morgan fingerprint density at radius 2 is 1.80 bits per heavy atom. The lowest BCUT2D eigenvalue weighted by Crippen LogP contribution is -1.99. The summed E-state index contributed by atoms with van der Waals surface area (Å²) in [5.41, 5.74) is 4.59. The predicted molar refractivity (Wildman–Crippen MR) is 68.5 cm³/mol. The summed E-state index contributed by atoms with van der Waals surface area (Å²) >= 11 is 0. The topological polar surface area (TPSA) is 0 Å². The molecule has 0 unspecified atom stereocenters. The highest BCUT2D eigenvalue weighted by molar-refractivity contribution is 5.34. The van der Waals surface area contributed by atoms with Gasteiger partial charge in [0.2, 0.25) is 0 Å². The summed E-state index contributed by atoms with van der Waals surface area (Å²) in [5.74, 6) is 0.718. The highest BCUT2D eigenvalue weighted by atomic mass is 14.1. The van der Waals surface area contributed by atoms with E-state index in [0.717, 1.165) is 18.8 Å². The molecule has 1 atom stereocenters. The second-order valence-corrected chi connectivity index (χ2v) is 4.43. The first-order valence-electron chi connectivity index (χ1n) is 6.34. The Balaban J connectivity index is 2.96. The maximum atomic E-state index is 2.39. The van der Waals surface area contributed by atoms with Crippen LogP contribution in [-0.2, 0) is 12.8 Å². The Hall–Kier alpha value is -0.780. The van der Waals surface area contributed by atoms with Crippen molar-refractivity contribution in [1.29, 1.82) is 0 Å². The van der Waals surface area contributed by atoms with E-state index >= 15 is 0 Å². The van der Waals surface area contributed by atoms with Gasteiger partial charge in [0.25, 0.3) is 0 Å². The average Bonchev–Trinajstić information content (AvgIpc) is 2.28. The van der Waals surface area contributed by atoms with Gasteiger partial charge >= 0.3 is 0 Å². The Labute approximate surface area is 94.7 Å². The third kappa shape index (κ3) is 3.09. The minimum Gasteiger partial charge on any atom is -0.0654 e. The second-order valence-electron chi connectivity index (χ2n) is 4.43. The van der Waals surface area contributed by atoms with Crippen molar-refractivity contribution in [2.24, 2.45) is 0 Å². The summed E-state index contributed by atoms with van der Waals surface area (Å²) in [6, 6.07) is 7.03. The summed E-state index contributed by atoms with van der Waals surface area (Å²) in [4.78, 5) is 0. The van der Waals surface area contributed by atoms with Crippen LogP contribution in [0.25, 0.3) is 0 Å². The fourth-order valence-electron chi connectivity index (χ4n) is 2.25. The summed E-state index contributed by atoms with van der Waals surface area (Å²) < 4.78 is 0. The maximum absolute atomic E-state index is 2.39. The largest absolute Gasteiger partial charge is 0.0654 e. The van der Waals surface area contributed by atoms with E-state index in [2.05, 4.69) is 45.9 Å². The summed E-state index contributed by atoms with van der Waals surface area (Å²) in [6.45, 7) is 9.10. The molecule has 0 spiro atoms. The third-order valence-corrected chi connectivity index (χ3v) is 3.25. The summed E-state index contributed by atoms with van der Waals surface area (Å²) in [7, 11) is 0. The van der Waals surface area contributed by atoms with E-state index in [0.29, 0.717) is 0 Å². The van der Waals surface area contributed by atoms with E-state index in [4.69, 9.17) is 0 Å². The summed E-state index contributed by atoms with van der Waals surface area (Å²) in [6.07, 6.45) is 4.89. The summed E-state index contributed by atoms with van der Waals surface area (Å²) in [5, 5.41) is 0. The monoisotopic (exact) mass is 204 g/mol. The minimum absolute atomic E-state index is 0.718. The highest BCUT2D eigenvalue weighted by Gasteiger charge is 2.08. The van der Waals surface area contributed by atoms with Gasteiger partial charge in [-0.2, -0.15) is 0 Å². The quantitative estimate of drug-likeness (QED) is 0.651. The smallest absolute Gasteiger partial charge is 0.0188 e. The zero-order valence-electron chi connectivity index (χ0n) is 10.6. The van der Waals surface area contributed by atoms with Crippen LogP contribution in [0.1, 0.15) is 63.1 Å². The van der Waals surface area contributed by atoms with Crippen LogP contribution < -0.4 is 0 Å². The standard InChI is InChI=1S/C15H24/c1-5-8-12(4)15-10-9-13(6-2)11-14(15)7-3/h9-12H,5-8H2,1-4H3/t12-/m0/s1. The molecular formula is C15H24. The average molecular weight is 204 g/mol. The molecule has 0 N–H and O–H groups in total. The molecule has 0 fully saturated rings. The first-order valence-corrected chi connectivity index (χ1v) is 6.34.